The zero-order chi connectivity index (χ0) is 26.6. The molecule has 1 saturated heterocycles. The summed E-state index contributed by atoms with van der Waals surface area (Å²) in [6.45, 7) is 3.70. The van der Waals surface area contributed by atoms with Crippen LogP contribution in [0.3, 0.4) is 0 Å². The second-order valence-electron chi connectivity index (χ2n) is 9.18. The van der Waals surface area contributed by atoms with Crippen LogP contribution in [0.5, 0.6) is 0 Å². The van der Waals surface area contributed by atoms with Crippen LogP contribution in [0.2, 0.25) is 0 Å². The van der Waals surface area contributed by atoms with Gasteiger partial charge in [-0.2, -0.15) is 9.50 Å². The molecule has 4 aromatic heterocycles. The van der Waals surface area contributed by atoms with E-state index in [1.165, 1.54) is 27.7 Å². The molecule has 0 radical (unpaired) electrons. The predicted molar refractivity (Wildman–Crippen MR) is 141 cm³/mol. The van der Waals surface area contributed by atoms with Gasteiger partial charge in [-0.05, 0) is 30.3 Å². The van der Waals surface area contributed by atoms with Gasteiger partial charge in [0.25, 0.3) is 0 Å². The van der Waals surface area contributed by atoms with Gasteiger partial charge in [-0.25, -0.2) is 14.2 Å². The fraction of sp³-hybridized carbons (Fsp3) is 0.333. The maximum atomic E-state index is 14.6. The van der Waals surface area contributed by atoms with Crippen LogP contribution in [-0.4, -0.2) is 76.8 Å². The van der Waals surface area contributed by atoms with Gasteiger partial charge in [0.05, 0.1) is 12.0 Å². The number of piperazine rings is 1. The fourth-order valence-electron chi connectivity index (χ4n) is 4.88. The van der Waals surface area contributed by atoms with E-state index in [0.29, 0.717) is 78.2 Å². The van der Waals surface area contributed by atoms with Gasteiger partial charge in [-0.3, -0.25) is 18.2 Å². The Bertz CT molecular complexity index is 1730. The zero-order valence-electron chi connectivity index (χ0n) is 20.9. The molecule has 1 aromatic carbocycles. The molecule has 198 valence electrons. The molecule has 0 amide bonds. The van der Waals surface area contributed by atoms with Gasteiger partial charge in [0.15, 0.2) is 17.1 Å². The van der Waals surface area contributed by atoms with E-state index in [0.717, 1.165) is 0 Å². The third-order valence-electron chi connectivity index (χ3n) is 6.92. The number of rotatable bonds is 6. The molecular weight excluding hydrogens is 513 g/mol. The molecule has 5 aromatic rings. The van der Waals surface area contributed by atoms with E-state index in [2.05, 4.69) is 20.0 Å². The fourth-order valence-corrected chi connectivity index (χ4v) is 5.41. The molecule has 0 spiro atoms. The van der Waals surface area contributed by atoms with Crippen LogP contribution >= 0.6 is 0 Å². The van der Waals surface area contributed by atoms with Crippen molar-refractivity contribution in [3.05, 3.63) is 52.9 Å². The molecule has 5 heterocycles. The Morgan fingerprint density at radius 1 is 1.11 bits per heavy atom. The minimum atomic E-state index is -1.23. The Labute approximate surface area is 218 Å². The van der Waals surface area contributed by atoms with Gasteiger partial charge < -0.3 is 15.1 Å². The van der Waals surface area contributed by atoms with Crippen molar-refractivity contribution in [2.24, 2.45) is 7.05 Å². The number of aryl methyl sites for hydroxylation is 1. The van der Waals surface area contributed by atoms with Gasteiger partial charge in [-0.15, -0.1) is 5.10 Å². The number of nitrogens with two attached hydrogens (primary N) is 1. The van der Waals surface area contributed by atoms with Gasteiger partial charge in [-0.1, -0.05) is 0 Å². The molecule has 0 unspecified atom stereocenters. The van der Waals surface area contributed by atoms with Crippen molar-refractivity contribution in [1.29, 1.82) is 0 Å². The number of anilines is 2. The van der Waals surface area contributed by atoms with E-state index in [1.54, 1.807) is 35.9 Å². The highest BCUT2D eigenvalue weighted by atomic mass is 32.2. The second kappa shape index (κ2) is 9.36. The average molecular weight is 540 g/mol. The number of furan rings is 1. The first-order chi connectivity index (χ1) is 18.3. The number of nitrogens with zero attached hydrogens (tertiary/aromatic N) is 8. The summed E-state index contributed by atoms with van der Waals surface area (Å²) in [5.74, 6) is 0.585. The van der Waals surface area contributed by atoms with E-state index in [-0.39, 0.29) is 17.5 Å². The van der Waals surface area contributed by atoms with Crippen LogP contribution in [0.15, 0.2) is 50.7 Å². The molecule has 1 aliphatic heterocycles. The quantitative estimate of drug-likeness (QED) is 0.339. The Morgan fingerprint density at radius 2 is 1.89 bits per heavy atom. The first-order valence-corrected chi connectivity index (χ1v) is 13.6. The first kappa shape index (κ1) is 24.3. The summed E-state index contributed by atoms with van der Waals surface area (Å²) in [7, 11) is 0.446. The molecule has 1 fully saturated rings. The SMILES string of the molecule is Cn1c(=O)n(CCN2CCN(c3ccc([S@@](C)=O)cc3F)CC2)c2nc(N)n3nc(-c4ccco4)nc3c21. The predicted octanol–water partition coefficient (Wildman–Crippen LogP) is 1.32. The molecule has 14 heteroatoms. The van der Waals surface area contributed by atoms with Gasteiger partial charge >= 0.3 is 5.69 Å². The number of hydrogen-bond acceptors (Lipinski definition) is 9. The van der Waals surface area contributed by atoms with Crippen molar-refractivity contribution in [3.63, 3.8) is 0 Å². The Hall–Kier alpha value is -4.04. The van der Waals surface area contributed by atoms with Crippen LogP contribution < -0.4 is 16.3 Å². The monoisotopic (exact) mass is 539 g/mol. The molecule has 1 aliphatic rings. The number of halogens is 1. The smallest absolute Gasteiger partial charge is 0.330 e. The van der Waals surface area contributed by atoms with E-state index < -0.39 is 10.8 Å². The molecular formula is C24H26FN9O3S. The summed E-state index contributed by atoms with van der Waals surface area (Å²) in [6, 6.07) is 8.22. The van der Waals surface area contributed by atoms with Gasteiger partial charge in [0.1, 0.15) is 11.3 Å². The summed E-state index contributed by atoms with van der Waals surface area (Å²) in [6.07, 6.45) is 3.07. The van der Waals surface area contributed by atoms with E-state index in [9.17, 15) is 13.4 Å². The lowest BCUT2D eigenvalue weighted by Gasteiger charge is -2.36. The summed E-state index contributed by atoms with van der Waals surface area (Å²) in [5.41, 5.74) is 7.87. The van der Waals surface area contributed by atoms with Crippen LogP contribution in [0.1, 0.15) is 0 Å². The number of benzene rings is 1. The highest BCUT2D eigenvalue weighted by molar-refractivity contribution is 7.84. The molecule has 2 N–H and O–H groups in total. The highest BCUT2D eigenvalue weighted by Crippen LogP contribution is 2.25. The van der Waals surface area contributed by atoms with Gasteiger partial charge in [0.2, 0.25) is 11.8 Å². The second-order valence-corrected chi connectivity index (χ2v) is 10.6. The normalized spacial score (nSPS) is 15.6. The average Bonchev–Trinajstić information content (AvgIpc) is 3.63. The molecule has 0 saturated carbocycles. The molecule has 38 heavy (non-hydrogen) atoms. The van der Waals surface area contributed by atoms with E-state index in [4.69, 9.17) is 10.2 Å². The van der Waals surface area contributed by atoms with Crippen LogP contribution in [-0.2, 0) is 24.4 Å². The molecule has 12 nitrogen and oxygen atoms in total. The lowest BCUT2D eigenvalue weighted by molar-refractivity contribution is 0.247. The maximum absolute atomic E-state index is 14.6. The summed E-state index contributed by atoms with van der Waals surface area (Å²) < 4.78 is 36.2. The van der Waals surface area contributed by atoms with Crippen molar-refractivity contribution in [2.75, 3.05) is 49.6 Å². The lowest BCUT2D eigenvalue weighted by Crippen LogP contribution is -2.47. The van der Waals surface area contributed by atoms with Crippen molar-refractivity contribution in [1.82, 2.24) is 33.6 Å². The van der Waals surface area contributed by atoms with Gasteiger partial charge in [0, 0.05) is 68.3 Å². The molecule has 1 atom stereocenters. The number of nitrogen functional groups attached to an aromatic ring is 1. The maximum Gasteiger partial charge on any atom is 0.330 e. The molecule has 6 rings (SSSR count). The van der Waals surface area contributed by atoms with Crippen molar-refractivity contribution < 1.29 is 13.0 Å². The van der Waals surface area contributed by atoms with Crippen LogP contribution in [0, 0.1) is 5.82 Å². The van der Waals surface area contributed by atoms with E-state index in [1.807, 2.05) is 4.90 Å². The first-order valence-electron chi connectivity index (χ1n) is 12.1. The van der Waals surface area contributed by atoms with Crippen molar-refractivity contribution >= 4 is 39.2 Å². The summed E-state index contributed by atoms with van der Waals surface area (Å²) >= 11 is 0. The summed E-state index contributed by atoms with van der Waals surface area (Å²) in [5, 5.41) is 4.40. The molecule has 0 aliphatic carbocycles. The highest BCUT2D eigenvalue weighted by Gasteiger charge is 2.23. The van der Waals surface area contributed by atoms with E-state index >= 15 is 0 Å². The lowest BCUT2D eigenvalue weighted by atomic mass is 10.2. The Balaban J connectivity index is 1.21. The minimum absolute atomic E-state index is 0.116. The largest absolute Gasteiger partial charge is 0.461 e. The third kappa shape index (κ3) is 4.05. The summed E-state index contributed by atoms with van der Waals surface area (Å²) in [4.78, 5) is 26.9. The van der Waals surface area contributed by atoms with Crippen molar-refractivity contribution in [3.8, 4) is 11.6 Å². The number of hydrogen-bond donors (Lipinski definition) is 1. The number of fused-ring (bicyclic) bond motifs is 3. The Kier molecular flexibility index (Phi) is 5.99. The Morgan fingerprint density at radius 3 is 2.58 bits per heavy atom. The van der Waals surface area contributed by atoms with Crippen LogP contribution in [0.25, 0.3) is 28.4 Å². The standard InChI is InChI=1S/C24H26FN9O3S/c1-30-19-21(28-23(26)34-22(19)27-20(29-34)18-4-3-13-37-18)33(24(30)35)12-9-31-7-10-32(11-8-31)17-6-5-15(38(2)36)14-16(17)25/h3-6,13-14H,7-12H2,1-2H3,(H2,26,28)/t38-/m1/s1. The number of imidazole rings is 1. The minimum Gasteiger partial charge on any atom is -0.461 e. The van der Waals surface area contributed by atoms with Crippen LogP contribution in [0.4, 0.5) is 16.0 Å². The van der Waals surface area contributed by atoms with Crippen molar-refractivity contribution in [2.45, 2.75) is 11.4 Å². The third-order valence-corrected chi connectivity index (χ3v) is 7.84. The molecule has 0 bridgehead atoms. The number of aromatic nitrogens is 6. The zero-order valence-corrected chi connectivity index (χ0v) is 21.7. The topological polar surface area (TPSA) is 133 Å².